The second kappa shape index (κ2) is 2.62. The zero-order chi connectivity index (χ0) is 7.56. The van der Waals surface area contributed by atoms with Crippen LogP contribution in [0.2, 0.25) is 0 Å². The van der Waals surface area contributed by atoms with Crippen LogP contribution in [0.4, 0.5) is 0 Å². The van der Waals surface area contributed by atoms with E-state index in [-0.39, 0.29) is 18.2 Å². The number of carbonyl (C=O) groups excluding carboxylic acids is 1. The maximum Gasteiger partial charge on any atom is 0.264 e. The van der Waals surface area contributed by atoms with Gasteiger partial charge in [0, 0.05) is 0 Å². The van der Waals surface area contributed by atoms with Crippen molar-refractivity contribution in [3.8, 4) is 0 Å². The van der Waals surface area contributed by atoms with Gasteiger partial charge in [0.2, 0.25) is 5.78 Å². The van der Waals surface area contributed by atoms with E-state index >= 15 is 0 Å². The molecule has 1 aromatic heterocycles. The number of ketones is 1. The van der Waals surface area contributed by atoms with E-state index in [0.29, 0.717) is 5.69 Å². The fourth-order valence-corrected chi connectivity index (χ4v) is 0.569. The second-order valence-corrected chi connectivity index (χ2v) is 1.92. The first-order valence-corrected chi connectivity index (χ1v) is 2.89. The molecule has 0 radical (unpaired) electrons. The van der Waals surface area contributed by atoms with E-state index in [2.05, 4.69) is 4.98 Å². The Morgan fingerprint density at radius 3 is 3.00 bits per heavy atom. The molecule has 4 heteroatoms. The van der Waals surface area contributed by atoms with Gasteiger partial charge in [-0.05, 0) is 6.92 Å². The molecule has 0 fully saturated rings. The van der Waals surface area contributed by atoms with E-state index in [0.717, 1.165) is 0 Å². The molecule has 0 aliphatic heterocycles. The Morgan fingerprint density at radius 1 is 1.90 bits per heavy atom. The maximum absolute atomic E-state index is 10.7. The van der Waals surface area contributed by atoms with Crippen LogP contribution in [0.15, 0.2) is 10.7 Å². The Kier molecular flexibility index (Phi) is 1.82. The smallest absolute Gasteiger partial charge is 0.264 e. The number of nitrogens with two attached hydrogens (primary N) is 1. The van der Waals surface area contributed by atoms with E-state index < -0.39 is 0 Å². The number of aryl methyl sites for hydroxylation is 1. The summed E-state index contributed by atoms with van der Waals surface area (Å²) in [6.45, 7) is 1.69. The average molecular weight is 140 g/mol. The van der Waals surface area contributed by atoms with Gasteiger partial charge in [0.15, 0.2) is 0 Å². The molecular weight excluding hydrogens is 132 g/mol. The van der Waals surface area contributed by atoms with E-state index in [1.165, 1.54) is 6.26 Å². The predicted octanol–water partition coefficient (Wildman–Crippen LogP) is 0.124. The van der Waals surface area contributed by atoms with Crippen molar-refractivity contribution in [3.05, 3.63) is 17.8 Å². The molecule has 0 saturated carbocycles. The Labute approximate surface area is 58.0 Å². The van der Waals surface area contributed by atoms with E-state index in [1.54, 1.807) is 6.92 Å². The Balaban J connectivity index is 2.85. The first-order chi connectivity index (χ1) is 4.74. The number of nitrogens with zero attached hydrogens (tertiary/aromatic N) is 1. The highest BCUT2D eigenvalue weighted by Gasteiger charge is 2.08. The zero-order valence-electron chi connectivity index (χ0n) is 5.63. The van der Waals surface area contributed by atoms with Gasteiger partial charge in [-0.2, -0.15) is 0 Å². The summed E-state index contributed by atoms with van der Waals surface area (Å²) < 4.78 is 4.78. The van der Waals surface area contributed by atoms with Crippen molar-refractivity contribution < 1.29 is 9.21 Å². The summed E-state index contributed by atoms with van der Waals surface area (Å²) >= 11 is 0. The molecule has 0 aliphatic carbocycles. The van der Waals surface area contributed by atoms with Crippen molar-refractivity contribution in [2.24, 2.45) is 5.73 Å². The Morgan fingerprint density at radius 2 is 2.60 bits per heavy atom. The third-order valence-corrected chi connectivity index (χ3v) is 1.04. The van der Waals surface area contributed by atoms with Crippen LogP contribution in [0.3, 0.4) is 0 Å². The molecule has 0 aliphatic rings. The van der Waals surface area contributed by atoms with Crippen LogP contribution >= 0.6 is 0 Å². The summed E-state index contributed by atoms with van der Waals surface area (Å²) in [7, 11) is 0. The summed E-state index contributed by atoms with van der Waals surface area (Å²) in [5.41, 5.74) is 5.76. The molecule has 1 aromatic rings. The van der Waals surface area contributed by atoms with Crippen molar-refractivity contribution >= 4 is 5.78 Å². The van der Waals surface area contributed by atoms with Crippen LogP contribution in [0, 0.1) is 6.92 Å². The molecule has 0 amide bonds. The molecule has 0 atom stereocenters. The third kappa shape index (κ3) is 1.22. The van der Waals surface area contributed by atoms with Gasteiger partial charge in [-0.1, -0.05) is 0 Å². The molecule has 0 saturated heterocycles. The normalized spacial score (nSPS) is 9.80. The number of hydrogen-bond acceptors (Lipinski definition) is 4. The van der Waals surface area contributed by atoms with Crippen LogP contribution < -0.4 is 5.73 Å². The van der Waals surface area contributed by atoms with Crippen LogP contribution in [0.1, 0.15) is 16.4 Å². The zero-order valence-corrected chi connectivity index (χ0v) is 5.63. The van der Waals surface area contributed by atoms with Gasteiger partial charge in [-0.25, -0.2) is 4.98 Å². The van der Waals surface area contributed by atoms with Gasteiger partial charge in [0.1, 0.15) is 6.26 Å². The highest BCUT2D eigenvalue weighted by atomic mass is 16.3. The summed E-state index contributed by atoms with van der Waals surface area (Å²) in [5.74, 6) is -0.173. The lowest BCUT2D eigenvalue weighted by atomic mass is 10.4. The molecule has 0 bridgehead atoms. The fraction of sp³-hybridized carbons (Fsp3) is 0.333. The number of Topliss-reactive ketones (excluding diaryl/α,β-unsaturated/α-hetero) is 1. The number of aromatic nitrogens is 1. The standard InChI is InChI=1S/C6H8N2O2/c1-4-3-10-6(8-4)5(9)2-7/h3H,2,7H2,1H3. The minimum absolute atomic E-state index is 0.0556. The Hall–Kier alpha value is -1.16. The molecule has 54 valence electrons. The Bertz CT molecular complexity index is 242. The predicted molar refractivity (Wildman–Crippen MR) is 34.6 cm³/mol. The number of hydrogen-bond donors (Lipinski definition) is 1. The lowest BCUT2D eigenvalue weighted by molar-refractivity contribution is 0.0968. The van der Waals surface area contributed by atoms with Gasteiger partial charge < -0.3 is 10.2 Å². The fourth-order valence-electron chi connectivity index (χ4n) is 0.569. The average Bonchev–Trinajstić information content (AvgIpc) is 2.34. The first-order valence-electron chi connectivity index (χ1n) is 2.89. The summed E-state index contributed by atoms with van der Waals surface area (Å²) in [5, 5.41) is 0. The second-order valence-electron chi connectivity index (χ2n) is 1.92. The lowest BCUT2D eigenvalue weighted by Crippen LogP contribution is -2.13. The van der Waals surface area contributed by atoms with E-state index in [1.807, 2.05) is 0 Å². The number of carbonyl (C=O) groups is 1. The molecule has 4 nitrogen and oxygen atoms in total. The number of rotatable bonds is 2. The van der Waals surface area contributed by atoms with Crippen LogP contribution in [0.5, 0.6) is 0 Å². The molecule has 1 rings (SSSR count). The van der Waals surface area contributed by atoms with Gasteiger partial charge in [0.25, 0.3) is 5.89 Å². The SMILES string of the molecule is Cc1coc(C(=O)CN)n1. The molecular formula is C6H8N2O2. The van der Waals surface area contributed by atoms with Crippen LogP contribution in [-0.4, -0.2) is 17.3 Å². The van der Waals surface area contributed by atoms with E-state index in [9.17, 15) is 4.79 Å². The van der Waals surface area contributed by atoms with Crippen molar-refractivity contribution in [1.29, 1.82) is 0 Å². The molecule has 0 unspecified atom stereocenters. The van der Waals surface area contributed by atoms with E-state index in [4.69, 9.17) is 10.2 Å². The van der Waals surface area contributed by atoms with Crippen molar-refractivity contribution in [2.75, 3.05) is 6.54 Å². The quantitative estimate of drug-likeness (QED) is 0.592. The summed E-state index contributed by atoms with van der Waals surface area (Å²) in [6, 6.07) is 0. The molecule has 0 spiro atoms. The van der Waals surface area contributed by atoms with Crippen molar-refractivity contribution in [1.82, 2.24) is 4.98 Å². The highest BCUT2D eigenvalue weighted by molar-refractivity contribution is 5.93. The highest BCUT2D eigenvalue weighted by Crippen LogP contribution is 1.99. The minimum atomic E-state index is -0.270. The van der Waals surface area contributed by atoms with Gasteiger partial charge in [-0.15, -0.1) is 0 Å². The maximum atomic E-state index is 10.7. The topological polar surface area (TPSA) is 69.1 Å². The summed E-state index contributed by atoms with van der Waals surface area (Å²) in [4.78, 5) is 14.5. The largest absolute Gasteiger partial charge is 0.442 e. The van der Waals surface area contributed by atoms with Crippen LogP contribution in [0.25, 0.3) is 0 Å². The summed E-state index contributed by atoms with van der Waals surface area (Å²) in [6.07, 6.45) is 1.42. The monoisotopic (exact) mass is 140 g/mol. The molecule has 10 heavy (non-hydrogen) atoms. The van der Waals surface area contributed by atoms with Crippen molar-refractivity contribution in [2.45, 2.75) is 6.92 Å². The number of oxazole rings is 1. The lowest BCUT2D eigenvalue weighted by Gasteiger charge is -1.85. The minimum Gasteiger partial charge on any atom is -0.442 e. The van der Waals surface area contributed by atoms with Crippen molar-refractivity contribution in [3.63, 3.8) is 0 Å². The third-order valence-electron chi connectivity index (χ3n) is 1.04. The molecule has 2 N–H and O–H groups in total. The first kappa shape index (κ1) is 6.95. The molecule has 0 aromatic carbocycles. The molecule has 1 heterocycles. The van der Waals surface area contributed by atoms with Gasteiger partial charge >= 0.3 is 0 Å². The van der Waals surface area contributed by atoms with Gasteiger partial charge in [-0.3, -0.25) is 4.79 Å². The van der Waals surface area contributed by atoms with Gasteiger partial charge in [0.05, 0.1) is 12.2 Å². The van der Waals surface area contributed by atoms with Crippen LogP contribution in [-0.2, 0) is 0 Å².